The Balaban J connectivity index is 1.90. The summed E-state index contributed by atoms with van der Waals surface area (Å²) in [5.74, 6) is -2.15. The van der Waals surface area contributed by atoms with Gasteiger partial charge < -0.3 is 24.4 Å². The minimum Gasteiger partial charge on any atom is -0.465 e. The quantitative estimate of drug-likeness (QED) is 0.235. The third-order valence-corrected chi connectivity index (χ3v) is 7.39. The molecule has 1 N–H and O–H groups in total. The van der Waals surface area contributed by atoms with Crippen molar-refractivity contribution in [1.82, 2.24) is 9.80 Å². The molecule has 3 heterocycles. The second kappa shape index (κ2) is 11.5. The van der Waals surface area contributed by atoms with E-state index < -0.39 is 35.6 Å². The van der Waals surface area contributed by atoms with Gasteiger partial charge in [0.05, 0.1) is 24.5 Å². The summed E-state index contributed by atoms with van der Waals surface area (Å²) >= 11 is 0. The number of hydrogen-bond acceptors (Lipinski definition) is 6. The molecule has 3 saturated heterocycles. The molecule has 2 amide bonds. The highest BCUT2D eigenvalue weighted by molar-refractivity contribution is 5.98. The standard InChI is InChI=1S/C26H40N2O6/c1-5-7-11-17-33-25(32)20-19-12-13-26(34-19)21(20)23(30)28(15-9-8-10-16-29)22(26)24(31)27(14-6-2)18(3)4/h5-6,18-22,29H,1-2,7-17H2,3-4H3/t19-,20+,21+,22?,26?/m1/s1. The first-order valence-electron chi connectivity index (χ1n) is 12.6. The van der Waals surface area contributed by atoms with Gasteiger partial charge in [0.1, 0.15) is 11.6 Å². The zero-order valence-corrected chi connectivity index (χ0v) is 20.6. The van der Waals surface area contributed by atoms with E-state index in [9.17, 15) is 14.4 Å². The Morgan fingerprint density at radius 1 is 1.26 bits per heavy atom. The Kier molecular flexibility index (Phi) is 8.93. The number of unbranched alkanes of at least 4 members (excludes halogenated alkanes) is 3. The Morgan fingerprint density at radius 3 is 2.68 bits per heavy atom. The fourth-order valence-electron chi connectivity index (χ4n) is 5.86. The number of ether oxygens (including phenoxy) is 2. The summed E-state index contributed by atoms with van der Waals surface area (Å²) < 4.78 is 12.0. The van der Waals surface area contributed by atoms with Crippen molar-refractivity contribution >= 4 is 17.8 Å². The van der Waals surface area contributed by atoms with Crippen LogP contribution in [0, 0.1) is 11.8 Å². The van der Waals surface area contributed by atoms with Crippen LogP contribution in [0.15, 0.2) is 25.3 Å². The molecule has 8 nitrogen and oxygen atoms in total. The lowest BCUT2D eigenvalue weighted by molar-refractivity contribution is -0.155. The van der Waals surface area contributed by atoms with E-state index >= 15 is 0 Å². The normalized spacial score (nSPS) is 29.4. The summed E-state index contributed by atoms with van der Waals surface area (Å²) in [7, 11) is 0. The zero-order valence-electron chi connectivity index (χ0n) is 20.6. The molecule has 0 aromatic rings. The van der Waals surface area contributed by atoms with Crippen molar-refractivity contribution in [2.75, 3.05) is 26.3 Å². The van der Waals surface area contributed by atoms with Gasteiger partial charge in [-0.25, -0.2) is 0 Å². The minimum atomic E-state index is -1.01. The Hall–Kier alpha value is -2.19. The summed E-state index contributed by atoms with van der Waals surface area (Å²) in [6.07, 6.45) is 7.74. The second-order valence-corrected chi connectivity index (χ2v) is 9.84. The molecule has 2 bridgehead atoms. The molecule has 0 aromatic carbocycles. The first kappa shape index (κ1) is 26.4. The molecule has 190 valence electrons. The van der Waals surface area contributed by atoms with Gasteiger partial charge in [0.25, 0.3) is 0 Å². The summed E-state index contributed by atoms with van der Waals surface area (Å²) in [6.45, 7) is 12.5. The number of esters is 1. The summed E-state index contributed by atoms with van der Waals surface area (Å²) in [4.78, 5) is 44.1. The number of fused-ring (bicyclic) bond motifs is 1. The average molecular weight is 477 g/mol. The van der Waals surface area contributed by atoms with Crippen molar-refractivity contribution < 1.29 is 29.0 Å². The van der Waals surface area contributed by atoms with Crippen molar-refractivity contribution in [2.45, 2.75) is 82.6 Å². The number of hydrogen-bond donors (Lipinski definition) is 1. The van der Waals surface area contributed by atoms with Crippen LogP contribution in [0.4, 0.5) is 0 Å². The van der Waals surface area contributed by atoms with Gasteiger partial charge in [-0.2, -0.15) is 0 Å². The van der Waals surface area contributed by atoms with Crippen molar-refractivity contribution in [3.8, 4) is 0 Å². The van der Waals surface area contributed by atoms with Gasteiger partial charge in [-0.1, -0.05) is 12.2 Å². The maximum absolute atomic E-state index is 13.9. The maximum atomic E-state index is 13.9. The lowest BCUT2D eigenvalue weighted by atomic mass is 9.70. The highest BCUT2D eigenvalue weighted by Crippen LogP contribution is 2.58. The van der Waals surface area contributed by atoms with Gasteiger partial charge in [-0.3, -0.25) is 14.4 Å². The molecule has 3 aliphatic rings. The van der Waals surface area contributed by atoms with Crippen LogP contribution in [-0.4, -0.2) is 82.8 Å². The Labute approximate surface area is 202 Å². The average Bonchev–Trinajstić information content (AvgIpc) is 3.45. The van der Waals surface area contributed by atoms with Crippen molar-refractivity contribution in [1.29, 1.82) is 0 Å². The number of likely N-dealkylation sites (tertiary alicyclic amines) is 1. The van der Waals surface area contributed by atoms with E-state index in [2.05, 4.69) is 13.2 Å². The fourth-order valence-corrected chi connectivity index (χ4v) is 5.86. The van der Waals surface area contributed by atoms with Crippen LogP contribution in [0.1, 0.15) is 58.8 Å². The number of rotatable bonds is 14. The molecule has 1 spiro atoms. The molecule has 34 heavy (non-hydrogen) atoms. The van der Waals surface area contributed by atoms with Crippen molar-refractivity contribution in [2.24, 2.45) is 11.8 Å². The van der Waals surface area contributed by atoms with Crippen molar-refractivity contribution in [3.63, 3.8) is 0 Å². The lowest BCUT2D eigenvalue weighted by Crippen LogP contribution is -2.57. The van der Waals surface area contributed by atoms with E-state index in [0.717, 1.165) is 12.8 Å². The van der Waals surface area contributed by atoms with Gasteiger partial charge in [0.2, 0.25) is 11.8 Å². The van der Waals surface area contributed by atoms with Crippen LogP contribution in [0.2, 0.25) is 0 Å². The third-order valence-electron chi connectivity index (χ3n) is 7.39. The SMILES string of the molecule is C=CCCCOC(=O)[C@@H]1[C@H]2C(=O)N(CCCCCO)C(C(=O)N(CC=C)C(C)C)C23CC[C@H]1O3. The highest BCUT2D eigenvalue weighted by atomic mass is 16.6. The van der Waals surface area contributed by atoms with E-state index in [1.807, 2.05) is 13.8 Å². The van der Waals surface area contributed by atoms with Gasteiger partial charge >= 0.3 is 5.97 Å². The number of nitrogens with zero attached hydrogens (tertiary/aromatic N) is 2. The molecule has 3 fully saturated rings. The molecule has 0 radical (unpaired) electrons. The van der Waals surface area contributed by atoms with Crippen LogP contribution < -0.4 is 0 Å². The van der Waals surface area contributed by atoms with Gasteiger partial charge in [-0.15, -0.1) is 13.2 Å². The molecule has 0 aromatic heterocycles. The first-order chi connectivity index (χ1) is 16.3. The second-order valence-electron chi connectivity index (χ2n) is 9.84. The number of carbonyl (C=O) groups excluding carboxylic acids is 3. The molecule has 0 saturated carbocycles. The molecule has 5 atom stereocenters. The van der Waals surface area contributed by atoms with E-state index in [1.165, 1.54) is 0 Å². The molecule has 3 aliphatic heterocycles. The monoisotopic (exact) mass is 476 g/mol. The summed E-state index contributed by atoms with van der Waals surface area (Å²) in [6, 6.07) is -0.846. The Bertz CT molecular complexity index is 783. The minimum absolute atomic E-state index is 0.0727. The van der Waals surface area contributed by atoms with Gasteiger partial charge in [0, 0.05) is 25.7 Å². The molecule has 3 rings (SSSR count). The van der Waals surface area contributed by atoms with Gasteiger partial charge in [0.15, 0.2) is 0 Å². The predicted octanol–water partition coefficient (Wildman–Crippen LogP) is 2.46. The van der Waals surface area contributed by atoms with Crippen LogP contribution in [0.3, 0.4) is 0 Å². The number of aliphatic hydroxyl groups is 1. The van der Waals surface area contributed by atoms with E-state index in [-0.39, 0.29) is 31.1 Å². The van der Waals surface area contributed by atoms with Gasteiger partial charge in [-0.05, 0) is 58.8 Å². The van der Waals surface area contributed by atoms with E-state index in [0.29, 0.717) is 45.2 Å². The number of carbonyl (C=O) groups is 3. The number of aliphatic hydroxyl groups excluding tert-OH is 1. The summed E-state index contributed by atoms with van der Waals surface area (Å²) in [5.41, 5.74) is -1.01. The van der Waals surface area contributed by atoms with Crippen LogP contribution >= 0.6 is 0 Å². The zero-order chi connectivity index (χ0) is 24.9. The largest absolute Gasteiger partial charge is 0.465 e. The molecule has 0 aliphatic carbocycles. The van der Waals surface area contributed by atoms with Crippen LogP contribution in [-0.2, 0) is 23.9 Å². The van der Waals surface area contributed by atoms with Crippen molar-refractivity contribution in [3.05, 3.63) is 25.3 Å². The third kappa shape index (κ3) is 4.80. The fraction of sp³-hybridized carbons (Fsp3) is 0.731. The summed E-state index contributed by atoms with van der Waals surface area (Å²) in [5, 5.41) is 9.13. The lowest BCUT2D eigenvalue weighted by Gasteiger charge is -2.38. The van der Waals surface area contributed by atoms with Crippen LogP contribution in [0.5, 0.6) is 0 Å². The number of amides is 2. The smallest absolute Gasteiger partial charge is 0.312 e. The molecular weight excluding hydrogens is 436 g/mol. The van der Waals surface area contributed by atoms with E-state index in [4.69, 9.17) is 14.6 Å². The molecular formula is C26H40N2O6. The topological polar surface area (TPSA) is 96.4 Å². The molecule has 2 unspecified atom stereocenters. The maximum Gasteiger partial charge on any atom is 0.312 e. The molecule has 8 heteroatoms. The van der Waals surface area contributed by atoms with Crippen LogP contribution in [0.25, 0.3) is 0 Å². The highest BCUT2D eigenvalue weighted by Gasteiger charge is 2.75. The predicted molar refractivity (Wildman–Crippen MR) is 128 cm³/mol. The number of allylic oxidation sites excluding steroid dienone is 1. The van der Waals surface area contributed by atoms with E-state index in [1.54, 1.807) is 22.0 Å². The first-order valence-corrected chi connectivity index (χ1v) is 12.6. The Morgan fingerprint density at radius 2 is 2.03 bits per heavy atom.